The lowest BCUT2D eigenvalue weighted by Gasteiger charge is -2.19. The van der Waals surface area contributed by atoms with Crippen LogP contribution in [0.4, 0.5) is 4.79 Å². The van der Waals surface area contributed by atoms with Crippen LogP contribution in [0.2, 0.25) is 0 Å². The van der Waals surface area contributed by atoms with Crippen molar-refractivity contribution in [3.8, 4) is 0 Å². The number of aryl methyl sites for hydroxylation is 1. The molecule has 0 fully saturated rings. The minimum absolute atomic E-state index is 0.0811. The Morgan fingerprint density at radius 2 is 2.05 bits per heavy atom. The third-order valence-corrected chi connectivity index (χ3v) is 3.29. The van der Waals surface area contributed by atoms with Crippen molar-refractivity contribution in [2.45, 2.75) is 65.6 Å². The van der Waals surface area contributed by atoms with E-state index in [1.165, 1.54) is 0 Å². The predicted octanol–water partition coefficient (Wildman–Crippen LogP) is 2.08. The largest absolute Gasteiger partial charge is 0.393 e. The maximum Gasteiger partial charge on any atom is 0.315 e. The Hall–Kier alpha value is -1.56. The number of carbonyl (C=O) groups is 1. The van der Waals surface area contributed by atoms with Crippen molar-refractivity contribution in [3.05, 3.63) is 17.5 Å². The van der Waals surface area contributed by atoms with Crippen LogP contribution in [0.3, 0.4) is 0 Å². The van der Waals surface area contributed by atoms with E-state index in [2.05, 4.69) is 36.5 Å². The van der Waals surface area contributed by atoms with Crippen molar-refractivity contribution < 1.29 is 9.90 Å². The molecule has 0 saturated carbocycles. The molecule has 0 bridgehead atoms. The van der Waals surface area contributed by atoms with Crippen LogP contribution in [0.15, 0.2) is 6.20 Å². The van der Waals surface area contributed by atoms with Crippen molar-refractivity contribution >= 4 is 6.03 Å². The maximum atomic E-state index is 11.8. The molecule has 2 amide bonds. The van der Waals surface area contributed by atoms with Crippen LogP contribution in [0.5, 0.6) is 0 Å². The Morgan fingerprint density at radius 3 is 2.52 bits per heavy atom. The average molecular weight is 296 g/mol. The molecule has 120 valence electrons. The first kappa shape index (κ1) is 17.5. The third-order valence-electron chi connectivity index (χ3n) is 3.29. The van der Waals surface area contributed by atoms with Gasteiger partial charge in [0.2, 0.25) is 0 Å². The highest BCUT2D eigenvalue weighted by Gasteiger charge is 2.20. The normalized spacial score (nSPS) is 14.6. The zero-order chi connectivity index (χ0) is 16.2. The van der Waals surface area contributed by atoms with Gasteiger partial charge in [-0.1, -0.05) is 0 Å². The lowest BCUT2D eigenvalue weighted by molar-refractivity contribution is 0.183. The SMILES string of the molecule is Cc1nn(C(C)(C)C)cc1[C@@H](C)NC(=O)NCC[C@@H](C)O. The Balaban J connectivity index is 2.61. The highest BCUT2D eigenvalue weighted by molar-refractivity contribution is 5.74. The summed E-state index contributed by atoms with van der Waals surface area (Å²) in [5.41, 5.74) is 1.85. The monoisotopic (exact) mass is 296 g/mol. The van der Waals surface area contributed by atoms with Gasteiger partial charge in [0.25, 0.3) is 0 Å². The third kappa shape index (κ3) is 5.38. The number of aliphatic hydroxyl groups excluding tert-OH is 1. The molecule has 0 spiro atoms. The van der Waals surface area contributed by atoms with Crippen LogP contribution in [0.25, 0.3) is 0 Å². The number of nitrogens with one attached hydrogen (secondary N) is 2. The molecule has 21 heavy (non-hydrogen) atoms. The van der Waals surface area contributed by atoms with Gasteiger partial charge in [0.1, 0.15) is 0 Å². The lowest BCUT2D eigenvalue weighted by atomic mass is 10.1. The van der Waals surface area contributed by atoms with Crippen LogP contribution >= 0.6 is 0 Å². The first-order chi connectivity index (χ1) is 9.61. The molecule has 0 aliphatic carbocycles. The van der Waals surface area contributed by atoms with Crippen molar-refractivity contribution in [1.29, 1.82) is 0 Å². The van der Waals surface area contributed by atoms with Gasteiger partial charge in [0.15, 0.2) is 0 Å². The van der Waals surface area contributed by atoms with E-state index in [1.54, 1.807) is 6.92 Å². The summed E-state index contributed by atoms with van der Waals surface area (Å²) in [6.07, 6.45) is 2.12. The quantitative estimate of drug-likeness (QED) is 0.778. The van der Waals surface area contributed by atoms with Gasteiger partial charge < -0.3 is 15.7 Å². The molecule has 3 N–H and O–H groups in total. The zero-order valence-corrected chi connectivity index (χ0v) is 13.9. The molecule has 0 aliphatic heterocycles. The summed E-state index contributed by atoms with van der Waals surface area (Å²) < 4.78 is 1.92. The second kappa shape index (κ2) is 6.93. The number of rotatable bonds is 5. The van der Waals surface area contributed by atoms with E-state index in [-0.39, 0.29) is 17.6 Å². The average Bonchev–Trinajstić information content (AvgIpc) is 2.70. The fourth-order valence-corrected chi connectivity index (χ4v) is 1.96. The minimum Gasteiger partial charge on any atom is -0.393 e. The molecule has 0 radical (unpaired) electrons. The van der Waals surface area contributed by atoms with Crippen molar-refractivity contribution in [3.63, 3.8) is 0 Å². The molecule has 0 aliphatic rings. The van der Waals surface area contributed by atoms with Crippen molar-refractivity contribution in [1.82, 2.24) is 20.4 Å². The van der Waals surface area contributed by atoms with Crippen LogP contribution in [-0.2, 0) is 5.54 Å². The number of nitrogens with zero attached hydrogens (tertiary/aromatic N) is 2. The molecule has 1 aromatic heterocycles. The summed E-state index contributed by atoms with van der Waals surface area (Å²) in [5.74, 6) is 0. The van der Waals surface area contributed by atoms with E-state index in [9.17, 15) is 4.79 Å². The van der Waals surface area contributed by atoms with E-state index in [0.717, 1.165) is 11.3 Å². The van der Waals surface area contributed by atoms with Gasteiger partial charge in [-0.05, 0) is 48.0 Å². The van der Waals surface area contributed by atoms with Gasteiger partial charge in [0, 0.05) is 18.3 Å². The Kier molecular flexibility index (Phi) is 5.78. The van der Waals surface area contributed by atoms with Gasteiger partial charge in [-0.3, -0.25) is 4.68 Å². The second-order valence-electron chi connectivity index (χ2n) is 6.54. The van der Waals surface area contributed by atoms with Crippen LogP contribution < -0.4 is 10.6 Å². The molecule has 2 atom stereocenters. The first-order valence-corrected chi connectivity index (χ1v) is 7.40. The molecular weight excluding hydrogens is 268 g/mol. The summed E-state index contributed by atoms with van der Waals surface area (Å²) in [4.78, 5) is 11.8. The van der Waals surface area contributed by atoms with Gasteiger partial charge in [-0.15, -0.1) is 0 Å². The van der Waals surface area contributed by atoms with E-state index in [4.69, 9.17) is 5.11 Å². The fraction of sp³-hybridized carbons (Fsp3) is 0.733. The lowest BCUT2D eigenvalue weighted by Crippen LogP contribution is -2.38. The molecule has 1 aromatic rings. The fourth-order valence-electron chi connectivity index (χ4n) is 1.96. The number of amides is 2. The first-order valence-electron chi connectivity index (χ1n) is 7.40. The van der Waals surface area contributed by atoms with Gasteiger partial charge in [-0.25, -0.2) is 4.79 Å². The standard InChI is InChI=1S/C15H28N4O2/c1-10(20)7-8-16-14(21)17-11(2)13-9-19(15(4,5)6)18-12(13)3/h9-11,20H,7-8H2,1-6H3,(H2,16,17,21)/t10-,11-/m1/s1. The summed E-state index contributed by atoms with van der Waals surface area (Å²) in [6.45, 7) is 12.3. The van der Waals surface area contributed by atoms with Crippen LogP contribution in [0, 0.1) is 6.92 Å². The summed E-state index contributed by atoms with van der Waals surface area (Å²) >= 11 is 0. The topological polar surface area (TPSA) is 79.2 Å². The zero-order valence-electron chi connectivity index (χ0n) is 13.9. The molecule has 6 nitrogen and oxygen atoms in total. The van der Waals surface area contributed by atoms with E-state index in [0.29, 0.717) is 13.0 Å². The molecular formula is C15H28N4O2. The molecule has 0 aromatic carbocycles. The molecule has 1 rings (SSSR count). The minimum atomic E-state index is -0.407. The summed E-state index contributed by atoms with van der Waals surface area (Å²) in [5, 5.41) is 19.3. The molecule has 0 unspecified atom stereocenters. The number of urea groups is 1. The van der Waals surface area contributed by atoms with Gasteiger partial charge in [0.05, 0.1) is 23.4 Å². The number of aliphatic hydroxyl groups is 1. The highest BCUT2D eigenvalue weighted by Crippen LogP contribution is 2.20. The van der Waals surface area contributed by atoms with Crippen molar-refractivity contribution in [2.75, 3.05) is 6.54 Å². The Bertz CT molecular complexity index is 475. The predicted molar refractivity (Wildman–Crippen MR) is 83.2 cm³/mol. The van der Waals surface area contributed by atoms with Crippen LogP contribution in [-0.4, -0.2) is 33.6 Å². The number of aromatic nitrogens is 2. The van der Waals surface area contributed by atoms with E-state index in [1.807, 2.05) is 24.7 Å². The van der Waals surface area contributed by atoms with E-state index < -0.39 is 6.10 Å². The summed E-state index contributed by atoms with van der Waals surface area (Å²) in [7, 11) is 0. The summed E-state index contributed by atoms with van der Waals surface area (Å²) in [6, 6.07) is -0.348. The number of hydrogen-bond acceptors (Lipinski definition) is 3. The smallest absolute Gasteiger partial charge is 0.315 e. The molecule has 1 heterocycles. The Morgan fingerprint density at radius 1 is 1.43 bits per heavy atom. The maximum absolute atomic E-state index is 11.8. The van der Waals surface area contributed by atoms with Gasteiger partial charge in [-0.2, -0.15) is 5.10 Å². The molecule has 6 heteroatoms. The Labute approximate surface area is 126 Å². The van der Waals surface area contributed by atoms with E-state index >= 15 is 0 Å². The molecule has 0 saturated heterocycles. The van der Waals surface area contributed by atoms with Crippen LogP contribution in [0.1, 0.15) is 58.3 Å². The number of hydrogen-bond donors (Lipinski definition) is 3. The second-order valence-corrected chi connectivity index (χ2v) is 6.54. The van der Waals surface area contributed by atoms with Gasteiger partial charge >= 0.3 is 6.03 Å². The van der Waals surface area contributed by atoms with Crippen molar-refractivity contribution in [2.24, 2.45) is 0 Å². The highest BCUT2D eigenvalue weighted by atomic mass is 16.3. The number of carbonyl (C=O) groups excluding carboxylic acids is 1.